The number of benzene rings is 1. The molecule has 2 fully saturated rings. The van der Waals surface area contributed by atoms with Crippen LogP contribution in [0.15, 0.2) is 24.3 Å². The maximum Gasteiger partial charge on any atom is 0.319 e. The van der Waals surface area contributed by atoms with E-state index in [0.717, 1.165) is 5.69 Å². The lowest BCUT2D eigenvalue weighted by Crippen LogP contribution is -2.46. The Bertz CT molecular complexity index is 567. The standard InChI is InChI=1S/C17H24N2O4/c1-17(2,3)10-4-6-11(7-5-10)18-16(21)19-12-8-22-15-13(20)9-23-14(12)15/h4-7,12-15,20H,8-9H2,1-3H3,(H2,18,19,21)/t12-,13-,14-,15+/m1/s1. The van der Waals surface area contributed by atoms with E-state index in [1.54, 1.807) is 0 Å². The minimum atomic E-state index is -0.611. The molecule has 2 saturated heterocycles. The van der Waals surface area contributed by atoms with Crippen LogP contribution in [0.3, 0.4) is 0 Å². The van der Waals surface area contributed by atoms with Crippen LogP contribution in [-0.4, -0.2) is 48.7 Å². The smallest absolute Gasteiger partial charge is 0.319 e. The second-order valence-electron chi connectivity index (χ2n) is 7.20. The van der Waals surface area contributed by atoms with Crippen molar-refractivity contribution in [3.8, 4) is 0 Å². The van der Waals surface area contributed by atoms with Gasteiger partial charge in [0.2, 0.25) is 0 Å². The van der Waals surface area contributed by atoms with Gasteiger partial charge in [-0.2, -0.15) is 0 Å². The van der Waals surface area contributed by atoms with Crippen LogP contribution in [0.25, 0.3) is 0 Å². The largest absolute Gasteiger partial charge is 0.388 e. The number of hydrogen-bond donors (Lipinski definition) is 3. The topological polar surface area (TPSA) is 79.8 Å². The van der Waals surface area contributed by atoms with Gasteiger partial charge < -0.3 is 25.2 Å². The summed E-state index contributed by atoms with van der Waals surface area (Å²) in [5, 5.41) is 15.4. The monoisotopic (exact) mass is 320 g/mol. The number of urea groups is 1. The van der Waals surface area contributed by atoms with Gasteiger partial charge in [-0.05, 0) is 23.1 Å². The zero-order valence-electron chi connectivity index (χ0n) is 13.7. The van der Waals surface area contributed by atoms with Gasteiger partial charge in [-0.3, -0.25) is 0 Å². The fourth-order valence-electron chi connectivity index (χ4n) is 2.99. The lowest BCUT2D eigenvalue weighted by atomic mass is 9.87. The van der Waals surface area contributed by atoms with Crippen LogP contribution in [0.5, 0.6) is 0 Å². The molecule has 0 aliphatic carbocycles. The first-order chi connectivity index (χ1) is 10.8. The molecule has 1 aromatic carbocycles. The molecule has 0 unspecified atom stereocenters. The fraction of sp³-hybridized carbons (Fsp3) is 0.588. The molecule has 2 aliphatic rings. The Morgan fingerprint density at radius 2 is 1.78 bits per heavy atom. The van der Waals surface area contributed by atoms with Crippen LogP contribution in [0.2, 0.25) is 0 Å². The molecular formula is C17H24N2O4. The van der Waals surface area contributed by atoms with E-state index in [4.69, 9.17) is 9.47 Å². The third-order valence-electron chi connectivity index (χ3n) is 4.35. The summed E-state index contributed by atoms with van der Waals surface area (Å²) in [6.45, 7) is 7.05. The van der Waals surface area contributed by atoms with E-state index in [-0.39, 0.29) is 36.3 Å². The average molecular weight is 320 g/mol. The van der Waals surface area contributed by atoms with Crippen molar-refractivity contribution in [2.75, 3.05) is 18.5 Å². The SMILES string of the molecule is CC(C)(C)c1ccc(NC(=O)N[C@@H]2CO[C@@H]3[C@@H]2OC[C@H]3O)cc1. The highest BCUT2D eigenvalue weighted by Gasteiger charge is 2.47. The summed E-state index contributed by atoms with van der Waals surface area (Å²) in [6, 6.07) is 7.27. The minimum Gasteiger partial charge on any atom is -0.388 e. The van der Waals surface area contributed by atoms with E-state index in [0.29, 0.717) is 6.61 Å². The quantitative estimate of drug-likeness (QED) is 0.774. The Hall–Kier alpha value is -1.63. The molecule has 6 heteroatoms. The highest BCUT2D eigenvalue weighted by molar-refractivity contribution is 5.89. The van der Waals surface area contributed by atoms with Crippen molar-refractivity contribution in [2.45, 2.75) is 50.5 Å². The third kappa shape index (κ3) is 3.49. The van der Waals surface area contributed by atoms with E-state index in [2.05, 4.69) is 31.4 Å². The Kier molecular flexibility index (Phi) is 4.31. The Balaban J connectivity index is 1.56. The van der Waals surface area contributed by atoms with Crippen molar-refractivity contribution in [1.29, 1.82) is 0 Å². The number of rotatable bonds is 2. The van der Waals surface area contributed by atoms with Crippen molar-refractivity contribution >= 4 is 11.7 Å². The molecule has 6 nitrogen and oxygen atoms in total. The van der Waals surface area contributed by atoms with Gasteiger partial charge in [0.15, 0.2) is 0 Å². The Labute approximate surface area is 136 Å². The summed E-state index contributed by atoms with van der Waals surface area (Å²) in [5.41, 5.74) is 2.03. The number of carbonyl (C=O) groups is 1. The molecule has 0 aromatic heterocycles. The van der Waals surface area contributed by atoms with E-state index in [1.807, 2.05) is 24.3 Å². The number of amides is 2. The molecule has 4 atom stereocenters. The minimum absolute atomic E-state index is 0.0810. The number of ether oxygens (including phenoxy) is 2. The number of hydrogen-bond acceptors (Lipinski definition) is 4. The van der Waals surface area contributed by atoms with Crippen LogP contribution < -0.4 is 10.6 Å². The first kappa shape index (κ1) is 16.2. The van der Waals surface area contributed by atoms with Gasteiger partial charge >= 0.3 is 6.03 Å². The predicted octanol–water partition coefficient (Wildman–Crippen LogP) is 1.63. The maximum absolute atomic E-state index is 12.1. The lowest BCUT2D eigenvalue weighted by Gasteiger charge is -2.20. The van der Waals surface area contributed by atoms with Crippen molar-refractivity contribution in [3.63, 3.8) is 0 Å². The number of carbonyl (C=O) groups excluding carboxylic acids is 1. The van der Waals surface area contributed by atoms with Crippen LogP contribution in [-0.2, 0) is 14.9 Å². The van der Waals surface area contributed by atoms with Gasteiger partial charge in [0, 0.05) is 5.69 Å². The highest BCUT2D eigenvalue weighted by atomic mass is 16.6. The molecule has 126 valence electrons. The molecule has 2 heterocycles. The zero-order chi connectivity index (χ0) is 16.6. The summed E-state index contributed by atoms with van der Waals surface area (Å²) in [5.74, 6) is 0. The van der Waals surface area contributed by atoms with E-state index >= 15 is 0 Å². The molecule has 1 aromatic rings. The molecular weight excluding hydrogens is 296 g/mol. The first-order valence-corrected chi connectivity index (χ1v) is 7.94. The molecule has 0 saturated carbocycles. The van der Waals surface area contributed by atoms with Gasteiger partial charge in [0.1, 0.15) is 18.3 Å². The predicted molar refractivity (Wildman–Crippen MR) is 86.6 cm³/mol. The van der Waals surface area contributed by atoms with Gasteiger partial charge in [-0.1, -0.05) is 32.9 Å². The van der Waals surface area contributed by atoms with Crippen LogP contribution in [0, 0.1) is 0 Å². The van der Waals surface area contributed by atoms with Crippen molar-refractivity contribution in [2.24, 2.45) is 0 Å². The Morgan fingerprint density at radius 3 is 2.43 bits per heavy atom. The van der Waals surface area contributed by atoms with E-state index in [9.17, 15) is 9.90 Å². The Morgan fingerprint density at radius 1 is 1.13 bits per heavy atom. The van der Waals surface area contributed by atoms with Crippen molar-refractivity contribution in [3.05, 3.63) is 29.8 Å². The third-order valence-corrected chi connectivity index (χ3v) is 4.35. The summed E-state index contributed by atoms with van der Waals surface area (Å²) in [7, 11) is 0. The second-order valence-corrected chi connectivity index (χ2v) is 7.20. The fourth-order valence-corrected chi connectivity index (χ4v) is 2.99. The number of aliphatic hydroxyl groups excluding tert-OH is 1. The molecule has 0 bridgehead atoms. The van der Waals surface area contributed by atoms with Crippen LogP contribution in [0.1, 0.15) is 26.3 Å². The van der Waals surface area contributed by atoms with Crippen molar-refractivity contribution < 1.29 is 19.4 Å². The number of aliphatic hydroxyl groups is 1. The van der Waals surface area contributed by atoms with Gasteiger partial charge in [0.25, 0.3) is 0 Å². The van der Waals surface area contributed by atoms with E-state index < -0.39 is 6.10 Å². The van der Waals surface area contributed by atoms with Crippen molar-refractivity contribution in [1.82, 2.24) is 5.32 Å². The first-order valence-electron chi connectivity index (χ1n) is 7.94. The molecule has 23 heavy (non-hydrogen) atoms. The zero-order valence-corrected chi connectivity index (χ0v) is 13.7. The summed E-state index contributed by atoms with van der Waals surface area (Å²) < 4.78 is 11.0. The molecule has 2 amide bonds. The molecule has 3 N–H and O–H groups in total. The van der Waals surface area contributed by atoms with Crippen LogP contribution >= 0.6 is 0 Å². The summed E-state index contributed by atoms with van der Waals surface area (Å²) >= 11 is 0. The normalized spacial score (nSPS) is 30.1. The molecule has 2 aliphatic heterocycles. The molecule has 0 radical (unpaired) electrons. The van der Waals surface area contributed by atoms with Gasteiger partial charge in [-0.15, -0.1) is 0 Å². The van der Waals surface area contributed by atoms with E-state index in [1.165, 1.54) is 5.56 Å². The molecule has 0 spiro atoms. The van der Waals surface area contributed by atoms with Crippen LogP contribution in [0.4, 0.5) is 10.5 Å². The highest BCUT2D eigenvalue weighted by Crippen LogP contribution is 2.27. The summed E-state index contributed by atoms with van der Waals surface area (Å²) in [6.07, 6.45) is -1.23. The maximum atomic E-state index is 12.1. The number of fused-ring (bicyclic) bond motifs is 1. The molecule has 3 rings (SSSR count). The van der Waals surface area contributed by atoms with Gasteiger partial charge in [0.05, 0.1) is 19.3 Å². The average Bonchev–Trinajstić information content (AvgIpc) is 3.03. The van der Waals surface area contributed by atoms with Gasteiger partial charge in [-0.25, -0.2) is 4.79 Å². The lowest BCUT2D eigenvalue weighted by molar-refractivity contribution is 0.0180. The summed E-state index contributed by atoms with van der Waals surface area (Å²) in [4.78, 5) is 12.1. The number of nitrogens with one attached hydrogen (secondary N) is 2. The number of anilines is 1. The second kappa shape index (κ2) is 6.11.